The fourth-order valence-electron chi connectivity index (χ4n) is 3.11. The van der Waals surface area contributed by atoms with Crippen LogP contribution in [0.1, 0.15) is 39.1 Å². The molecule has 3 rings (SSSR count). The zero-order valence-corrected chi connectivity index (χ0v) is 17.5. The molecule has 0 radical (unpaired) electrons. The molecule has 1 N–H and O–H groups in total. The van der Waals surface area contributed by atoms with Crippen LogP contribution < -0.4 is 10.3 Å². The van der Waals surface area contributed by atoms with Crippen LogP contribution in [-0.4, -0.2) is 33.9 Å². The first-order chi connectivity index (χ1) is 13.6. The van der Waals surface area contributed by atoms with Crippen LogP contribution in [0.25, 0.3) is 10.9 Å². The highest BCUT2D eigenvalue weighted by Crippen LogP contribution is 2.26. The SMILES string of the molecule is C[C@@H](Oc1cccc(C(C)(C)C)c1)C(=O)N(C)Cc1nc2ccccc2c(=O)[nH]1. The predicted octanol–water partition coefficient (Wildman–Crippen LogP) is 3.65. The second-order valence-corrected chi connectivity index (χ2v) is 8.26. The van der Waals surface area contributed by atoms with E-state index in [1.54, 1.807) is 32.2 Å². The number of hydrogen-bond acceptors (Lipinski definition) is 4. The van der Waals surface area contributed by atoms with Gasteiger partial charge in [-0.25, -0.2) is 4.98 Å². The van der Waals surface area contributed by atoms with Gasteiger partial charge in [0.25, 0.3) is 11.5 Å². The Kier molecular flexibility index (Phi) is 5.73. The molecule has 29 heavy (non-hydrogen) atoms. The zero-order chi connectivity index (χ0) is 21.2. The molecule has 1 aromatic heterocycles. The van der Waals surface area contributed by atoms with E-state index in [4.69, 9.17) is 4.74 Å². The molecule has 3 aromatic rings. The van der Waals surface area contributed by atoms with Gasteiger partial charge in [0, 0.05) is 7.05 Å². The largest absolute Gasteiger partial charge is 0.481 e. The number of ether oxygens (including phenoxy) is 1. The van der Waals surface area contributed by atoms with Gasteiger partial charge in [0.05, 0.1) is 17.4 Å². The molecule has 6 heteroatoms. The summed E-state index contributed by atoms with van der Waals surface area (Å²) in [6.07, 6.45) is -0.664. The standard InChI is InChI=1S/C23H27N3O3/c1-15(29-17-10-8-9-16(13-17)23(2,3)4)22(28)26(5)14-20-24-19-12-7-6-11-18(19)21(27)25-20/h6-13,15H,14H2,1-5H3,(H,24,25,27)/t15-/m1/s1. The Morgan fingerprint density at radius 1 is 1.17 bits per heavy atom. The lowest BCUT2D eigenvalue weighted by atomic mass is 9.87. The molecule has 2 aromatic carbocycles. The summed E-state index contributed by atoms with van der Waals surface area (Å²) in [5.41, 5.74) is 1.53. The number of carbonyl (C=O) groups excluding carboxylic acids is 1. The number of fused-ring (bicyclic) bond motifs is 1. The van der Waals surface area contributed by atoms with Crippen LogP contribution in [-0.2, 0) is 16.8 Å². The molecule has 0 spiro atoms. The number of aromatic nitrogens is 2. The monoisotopic (exact) mass is 393 g/mol. The van der Waals surface area contributed by atoms with Gasteiger partial charge in [-0.1, -0.05) is 45.0 Å². The Morgan fingerprint density at radius 2 is 1.90 bits per heavy atom. The maximum absolute atomic E-state index is 12.8. The summed E-state index contributed by atoms with van der Waals surface area (Å²) in [5, 5.41) is 0.528. The van der Waals surface area contributed by atoms with Crippen molar-refractivity contribution in [2.75, 3.05) is 7.05 Å². The van der Waals surface area contributed by atoms with E-state index >= 15 is 0 Å². The Hall–Kier alpha value is -3.15. The van der Waals surface area contributed by atoms with Crippen LogP contribution in [0, 0.1) is 0 Å². The zero-order valence-electron chi connectivity index (χ0n) is 17.5. The van der Waals surface area contributed by atoms with Crippen LogP contribution in [0.3, 0.4) is 0 Å². The second-order valence-electron chi connectivity index (χ2n) is 8.26. The number of H-pyrrole nitrogens is 1. The first-order valence-corrected chi connectivity index (χ1v) is 9.65. The molecule has 0 fully saturated rings. The number of para-hydroxylation sites is 1. The normalized spacial score (nSPS) is 12.6. The third kappa shape index (κ3) is 4.83. The summed E-state index contributed by atoms with van der Waals surface area (Å²) in [7, 11) is 1.67. The van der Waals surface area contributed by atoms with Crippen molar-refractivity contribution in [3.63, 3.8) is 0 Å². The summed E-state index contributed by atoms with van der Waals surface area (Å²) < 4.78 is 5.88. The van der Waals surface area contributed by atoms with Crippen molar-refractivity contribution in [2.24, 2.45) is 0 Å². The molecule has 0 saturated carbocycles. The Bertz CT molecular complexity index is 1080. The van der Waals surface area contributed by atoms with Gasteiger partial charge in [-0.2, -0.15) is 0 Å². The third-order valence-corrected chi connectivity index (χ3v) is 4.79. The van der Waals surface area contributed by atoms with Gasteiger partial charge in [0.2, 0.25) is 0 Å². The molecule has 0 aliphatic carbocycles. The molecule has 1 atom stereocenters. The van der Waals surface area contributed by atoms with Gasteiger partial charge in [-0.15, -0.1) is 0 Å². The summed E-state index contributed by atoms with van der Waals surface area (Å²) in [4.78, 5) is 33.7. The molecular formula is C23H27N3O3. The molecule has 1 heterocycles. The first-order valence-electron chi connectivity index (χ1n) is 9.65. The number of nitrogens with zero attached hydrogens (tertiary/aromatic N) is 2. The van der Waals surface area contributed by atoms with Crippen molar-refractivity contribution < 1.29 is 9.53 Å². The minimum absolute atomic E-state index is 0.00294. The maximum Gasteiger partial charge on any atom is 0.263 e. The van der Waals surface area contributed by atoms with Crippen LogP contribution in [0.15, 0.2) is 53.3 Å². The summed E-state index contributed by atoms with van der Waals surface area (Å²) in [6.45, 7) is 8.30. The van der Waals surface area contributed by atoms with Crippen molar-refractivity contribution in [1.82, 2.24) is 14.9 Å². The van der Waals surface area contributed by atoms with Gasteiger partial charge in [-0.3, -0.25) is 9.59 Å². The molecule has 6 nitrogen and oxygen atoms in total. The van der Waals surface area contributed by atoms with Crippen LogP contribution in [0.2, 0.25) is 0 Å². The highest BCUT2D eigenvalue weighted by Gasteiger charge is 2.21. The Balaban J connectivity index is 1.71. The van der Waals surface area contributed by atoms with E-state index in [1.807, 2.05) is 30.3 Å². The predicted molar refractivity (Wildman–Crippen MR) is 114 cm³/mol. The lowest BCUT2D eigenvalue weighted by Gasteiger charge is -2.23. The minimum atomic E-state index is -0.664. The maximum atomic E-state index is 12.8. The highest BCUT2D eigenvalue weighted by molar-refractivity contribution is 5.81. The van der Waals surface area contributed by atoms with E-state index in [2.05, 4.69) is 30.7 Å². The number of carbonyl (C=O) groups is 1. The van der Waals surface area contributed by atoms with Gasteiger partial charge >= 0.3 is 0 Å². The lowest BCUT2D eigenvalue weighted by molar-refractivity contribution is -0.137. The van der Waals surface area contributed by atoms with Crippen molar-refractivity contribution in [3.8, 4) is 5.75 Å². The van der Waals surface area contributed by atoms with E-state index in [-0.39, 0.29) is 23.4 Å². The van der Waals surface area contributed by atoms with E-state index in [9.17, 15) is 9.59 Å². The molecule has 152 valence electrons. The van der Waals surface area contributed by atoms with E-state index in [0.29, 0.717) is 22.5 Å². The number of benzene rings is 2. The summed E-state index contributed by atoms with van der Waals surface area (Å²) in [5.74, 6) is 0.900. The van der Waals surface area contributed by atoms with Gasteiger partial charge in [-0.05, 0) is 42.2 Å². The van der Waals surface area contributed by atoms with Crippen LogP contribution >= 0.6 is 0 Å². The van der Waals surface area contributed by atoms with Gasteiger partial charge in [0.1, 0.15) is 11.6 Å². The first kappa shape index (κ1) is 20.6. The molecular weight excluding hydrogens is 366 g/mol. The van der Waals surface area contributed by atoms with E-state index in [0.717, 1.165) is 5.56 Å². The number of likely N-dealkylation sites (N-methyl/N-ethyl adjacent to an activating group) is 1. The highest BCUT2D eigenvalue weighted by atomic mass is 16.5. The van der Waals surface area contributed by atoms with Crippen LogP contribution in [0.5, 0.6) is 5.75 Å². The van der Waals surface area contributed by atoms with Crippen molar-refractivity contribution in [2.45, 2.75) is 45.8 Å². The van der Waals surface area contributed by atoms with Crippen molar-refractivity contribution in [1.29, 1.82) is 0 Å². The molecule has 0 aliphatic heterocycles. The smallest absolute Gasteiger partial charge is 0.263 e. The topological polar surface area (TPSA) is 75.3 Å². The number of rotatable bonds is 5. The Morgan fingerprint density at radius 3 is 2.62 bits per heavy atom. The van der Waals surface area contributed by atoms with Crippen LogP contribution in [0.4, 0.5) is 0 Å². The summed E-state index contributed by atoms with van der Waals surface area (Å²) in [6, 6.07) is 14.9. The Labute approximate surface area is 170 Å². The van der Waals surface area contributed by atoms with Gasteiger partial charge < -0.3 is 14.6 Å². The quantitative estimate of drug-likeness (QED) is 0.718. The van der Waals surface area contributed by atoms with Gasteiger partial charge in [0.15, 0.2) is 6.10 Å². The van der Waals surface area contributed by atoms with Crippen molar-refractivity contribution in [3.05, 3.63) is 70.3 Å². The fourth-order valence-corrected chi connectivity index (χ4v) is 3.11. The number of hydrogen-bond donors (Lipinski definition) is 1. The molecule has 0 aliphatic rings. The summed E-state index contributed by atoms with van der Waals surface area (Å²) >= 11 is 0. The second kappa shape index (κ2) is 8.07. The molecule has 0 bridgehead atoms. The minimum Gasteiger partial charge on any atom is -0.481 e. The van der Waals surface area contributed by atoms with E-state index < -0.39 is 6.10 Å². The average molecular weight is 393 g/mol. The fraction of sp³-hybridized carbons (Fsp3) is 0.348. The average Bonchev–Trinajstić information content (AvgIpc) is 2.67. The number of nitrogens with one attached hydrogen (secondary N) is 1. The molecule has 0 unspecified atom stereocenters. The third-order valence-electron chi connectivity index (χ3n) is 4.79. The van der Waals surface area contributed by atoms with E-state index in [1.165, 1.54) is 4.90 Å². The molecule has 0 saturated heterocycles. The number of amides is 1. The number of aromatic amines is 1. The molecule has 1 amide bonds. The van der Waals surface area contributed by atoms with Crippen molar-refractivity contribution >= 4 is 16.8 Å². The lowest BCUT2D eigenvalue weighted by Crippen LogP contribution is -2.38.